The lowest BCUT2D eigenvalue weighted by Gasteiger charge is -2.32. The van der Waals surface area contributed by atoms with Crippen molar-refractivity contribution in [1.82, 2.24) is 4.90 Å². The number of rotatable bonds is 10. The second-order valence-corrected chi connectivity index (χ2v) is 8.21. The van der Waals surface area contributed by atoms with Gasteiger partial charge >= 0.3 is 5.97 Å². The van der Waals surface area contributed by atoms with E-state index in [1.54, 1.807) is 30.1 Å². The van der Waals surface area contributed by atoms with Crippen molar-refractivity contribution in [3.63, 3.8) is 0 Å². The van der Waals surface area contributed by atoms with Crippen LogP contribution in [-0.2, 0) is 20.9 Å². The van der Waals surface area contributed by atoms with Gasteiger partial charge in [-0.15, -0.1) is 0 Å². The summed E-state index contributed by atoms with van der Waals surface area (Å²) in [5, 5.41) is 11.2. The third-order valence-corrected chi connectivity index (χ3v) is 6.03. The van der Waals surface area contributed by atoms with E-state index in [9.17, 15) is 23.5 Å². The average molecular weight is 446 g/mol. The summed E-state index contributed by atoms with van der Waals surface area (Å²) in [7, 11) is 1.66. The molecule has 31 heavy (non-hydrogen) atoms. The quantitative estimate of drug-likeness (QED) is 0.476. The summed E-state index contributed by atoms with van der Waals surface area (Å²) >= 11 is -2.85. The lowest BCUT2D eigenvalue weighted by Crippen LogP contribution is -2.43. The molecule has 0 fully saturated rings. The molecule has 1 heterocycles. The molecule has 9 heteroatoms. The summed E-state index contributed by atoms with van der Waals surface area (Å²) in [6.45, 7) is 2.59. The number of amides is 1. The normalized spacial score (nSPS) is 13.3. The number of carboxylic acid groups (broad SMARTS) is 1. The Morgan fingerprint density at radius 2 is 1.87 bits per heavy atom. The molecule has 2 atom stereocenters. The van der Waals surface area contributed by atoms with Gasteiger partial charge in [-0.05, 0) is 37.1 Å². The zero-order valence-electron chi connectivity index (χ0n) is 17.4. The van der Waals surface area contributed by atoms with Gasteiger partial charge in [0.1, 0.15) is 17.2 Å². The molecule has 0 radical (unpaired) electrons. The first kappa shape index (κ1) is 22.8. The van der Waals surface area contributed by atoms with Crippen LogP contribution in [0.25, 0.3) is 21.9 Å². The molecule has 0 spiro atoms. The van der Waals surface area contributed by atoms with E-state index in [0.717, 1.165) is 22.5 Å². The van der Waals surface area contributed by atoms with Crippen LogP contribution >= 0.6 is 0 Å². The Morgan fingerprint density at radius 3 is 2.55 bits per heavy atom. The van der Waals surface area contributed by atoms with E-state index in [0.29, 0.717) is 23.1 Å². The topological polar surface area (TPSA) is 114 Å². The molecule has 2 unspecified atom stereocenters. The molecule has 166 valence electrons. The standard InChI is InChI=1S/C22H26N2O6S/c1-3-4-13-23(2)21(25)12-10-18(22(26)27)24(31(28)29)15-9-11-20-17(14-15)16-7-5-6-8-19(16)30-20/h5-9,11,14,18H,3-4,10,12-13H2,1-2H3,(H,26,27)(H,28,29)/p-1. The molecule has 8 nitrogen and oxygen atoms in total. The second-order valence-electron chi connectivity index (χ2n) is 7.38. The van der Waals surface area contributed by atoms with Gasteiger partial charge in [0, 0.05) is 42.1 Å². The number of nitrogens with zero attached hydrogens (tertiary/aromatic N) is 2. The van der Waals surface area contributed by atoms with Crippen molar-refractivity contribution >= 4 is 50.8 Å². The van der Waals surface area contributed by atoms with Gasteiger partial charge in [-0.3, -0.25) is 13.3 Å². The Kier molecular flexibility index (Phi) is 7.29. The van der Waals surface area contributed by atoms with Gasteiger partial charge in [0.05, 0.1) is 5.69 Å². The number of hydrogen-bond donors (Lipinski definition) is 1. The van der Waals surface area contributed by atoms with Crippen molar-refractivity contribution in [2.24, 2.45) is 0 Å². The van der Waals surface area contributed by atoms with Gasteiger partial charge in [-0.25, -0.2) is 4.79 Å². The van der Waals surface area contributed by atoms with Crippen molar-refractivity contribution in [1.29, 1.82) is 0 Å². The number of fused-ring (bicyclic) bond motifs is 3. The number of aliphatic carboxylic acids is 1. The fraction of sp³-hybridized carbons (Fsp3) is 0.364. The van der Waals surface area contributed by atoms with Crippen molar-refractivity contribution < 1.29 is 27.9 Å². The summed E-state index contributed by atoms with van der Waals surface area (Å²) in [5.74, 6) is -1.53. The fourth-order valence-corrected chi connectivity index (χ4v) is 4.22. The molecule has 0 aliphatic heterocycles. The van der Waals surface area contributed by atoms with Gasteiger partial charge in [0.15, 0.2) is 0 Å². The number of carbonyl (C=O) groups excluding carboxylic acids is 1. The molecule has 2 aromatic carbocycles. The van der Waals surface area contributed by atoms with Crippen LogP contribution in [0.15, 0.2) is 46.9 Å². The third-order valence-electron chi connectivity index (χ3n) is 5.25. The molecule has 3 aromatic rings. The fourth-order valence-electron chi connectivity index (χ4n) is 3.53. The first-order chi connectivity index (χ1) is 14.8. The lowest BCUT2D eigenvalue weighted by molar-refractivity contribution is -0.138. The van der Waals surface area contributed by atoms with E-state index < -0.39 is 23.3 Å². The largest absolute Gasteiger partial charge is 0.755 e. The number of unbranched alkanes of at least 4 members (excludes halogenated alkanes) is 1. The van der Waals surface area contributed by atoms with Crippen molar-refractivity contribution in [3.8, 4) is 0 Å². The zero-order chi connectivity index (χ0) is 22.5. The first-order valence-electron chi connectivity index (χ1n) is 10.1. The number of hydrogen-bond acceptors (Lipinski definition) is 5. The van der Waals surface area contributed by atoms with Gasteiger partial charge in [-0.2, -0.15) is 0 Å². The van der Waals surface area contributed by atoms with E-state index in [1.165, 1.54) is 6.07 Å². The minimum Gasteiger partial charge on any atom is -0.755 e. The van der Waals surface area contributed by atoms with Crippen LogP contribution in [0, 0.1) is 0 Å². The maximum Gasteiger partial charge on any atom is 0.327 e. The number of benzene rings is 2. The van der Waals surface area contributed by atoms with Crippen LogP contribution in [0.1, 0.15) is 32.6 Å². The second kappa shape index (κ2) is 9.93. The van der Waals surface area contributed by atoms with Crippen molar-refractivity contribution in [3.05, 3.63) is 42.5 Å². The van der Waals surface area contributed by atoms with Crippen LogP contribution in [0.4, 0.5) is 5.69 Å². The number of furan rings is 1. The lowest BCUT2D eigenvalue weighted by atomic mass is 10.1. The predicted molar refractivity (Wildman–Crippen MR) is 118 cm³/mol. The highest BCUT2D eigenvalue weighted by molar-refractivity contribution is 7.80. The van der Waals surface area contributed by atoms with E-state index in [-0.39, 0.29) is 24.4 Å². The van der Waals surface area contributed by atoms with E-state index in [1.807, 2.05) is 25.1 Å². The summed E-state index contributed by atoms with van der Waals surface area (Å²) in [6.07, 6.45) is 1.58. The molecule has 0 aliphatic rings. The van der Waals surface area contributed by atoms with E-state index in [4.69, 9.17) is 4.42 Å². The van der Waals surface area contributed by atoms with Crippen molar-refractivity contribution in [2.45, 2.75) is 38.6 Å². The zero-order valence-corrected chi connectivity index (χ0v) is 18.3. The third kappa shape index (κ3) is 5.05. The molecule has 0 bridgehead atoms. The number of para-hydroxylation sites is 1. The van der Waals surface area contributed by atoms with Gasteiger partial charge in [0.25, 0.3) is 0 Å². The van der Waals surface area contributed by atoms with Crippen LogP contribution in [0.2, 0.25) is 0 Å². The highest BCUT2D eigenvalue weighted by Gasteiger charge is 2.29. The van der Waals surface area contributed by atoms with E-state index >= 15 is 0 Å². The number of carboxylic acids is 1. The highest BCUT2D eigenvalue weighted by atomic mass is 32.2. The van der Waals surface area contributed by atoms with Gasteiger partial charge in [0.2, 0.25) is 5.91 Å². The summed E-state index contributed by atoms with van der Waals surface area (Å²) in [4.78, 5) is 25.8. The maximum absolute atomic E-state index is 12.3. The molecular formula is C22H25N2O6S-. The minimum atomic E-state index is -2.85. The maximum atomic E-state index is 12.3. The van der Waals surface area contributed by atoms with Gasteiger partial charge < -0.3 is 19.0 Å². The predicted octanol–water partition coefficient (Wildman–Crippen LogP) is 3.68. The molecule has 1 amide bonds. The van der Waals surface area contributed by atoms with Crippen molar-refractivity contribution in [2.75, 3.05) is 17.9 Å². The molecule has 1 aromatic heterocycles. The number of anilines is 1. The smallest absolute Gasteiger partial charge is 0.327 e. The monoisotopic (exact) mass is 445 g/mol. The first-order valence-corrected chi connectivity index (χ1v) is 11.1. The Hall–Kier alpha value is -2.91. The molecule has 3 rings (SSSR count). The summed E-state index contributed by atoms with van der Waals surface area (Å²) < 4.78 is 30.7. The van der Waals surface area contributed by atoms with Crippen LogP contribution in [0.5, 0.6) is 0 Å². The van der Waals surface area contributed by atoms with E-state index in [2.05, 4.69) is 0 Å². The summed E-state index contributed by atoms with van der Waals surface area (Å²) in [6, 6.07) is 10.6. The SMILES string of the molecule is CCCCN(C)C(=O)CCC(C(=O)O)N(c1ccc2oc3ccccc3c2c1)S(=O)[O-]. The molecule has 1 N–H and O–H groups in total. The Bertz CT molecular complexity index is 1110. The molecule has 0 saturated heterocycles. The van der Waals surface area contributed by atoms with Crippen LogP contribution in [-0.4, -0.2) is 50.3 Å². The average Bonchev–Trinajstić information content (AvgIpc) is 3.12. The Morgan fingerprint density at radius 1 is 1.16 bits per heavy atom. The van der Waals surface area contributed by atoms with Gasteiger partial charge in [-0.1, -0.05) is 31.5 Å². The minimum absolute atomic E-state index is 0.0677. The molecule has 0 saturated carbocycles. The number of carbonyl (C=O) groups is 2. The Labute approximate surface area is 182 Å². The van der Waals surface area contributed by atoms with Crippen LogP contribution < -0.4 is 4.31 Å². The highest BCUT2D eigenvalue weighted by Crippen LogP contribution is 2.33. The summed E-state index contributed by atoms with van der Waals surface area (Å²) in [5.41, 5.74) is 1.42. The van der Waals surface area contributed by atoms with Crippen LogP contribution in [0.3, 0.4) is 0 Å². The molecule has 0 aliphatic carbocycles. The molecular weight excluding hydrogens is 420 g/mol. The Balaban J connectivity index is 1.89.